The number of carbonyl (C=O) groups is 2. The fourth-order valence-electron chi connectivity index (χ4n) is 2.11. The van der Waals surface area contributed by atoms with Crippen LogP contribution in [0.25, 0.3) is 0 Å². The molecular formula is C10H15NO5. The molecule has 0 radical (unpaired) electrons. The summed E-state index contributed by atoms with van der Waals surface area (Å²) in [4.78, 5) is 32.9. The van der Waals surface area contributed by atoms with Crippen LogP contribution in [0.5, 0.6) is 0 Å². The number of nitrogens with zero attached hydrogens (tertiary/aromatic N) is 1. The van der Waals surface area contributed by atoms with Gasteiger partial charge in [-0.2, -0.15) is 0 Å². The number of rotatable bonds is 4. The molecule has 0 aromatic carbocycles. The lowest BCUT2D eigenvalue weighted by Crippen LogP contribution is -2.37. The van der Waals surface area contributed by atoms with Crippen LogP contribution in [0.3, 0.4) is 0 Å². The second-order valence-corrected chi connectivity index (χ2v) is 3.96. The van der Waals surface area contributed by atoms with Crippen LogP contribution in [0, 0.1) is 22.0 Å². The highest BCUT2D eigenvalue weighted by molar-refractivity contribution is 5.87. The van der Waals surface area contributed by atoms with Gasteiger partial charge in [0.05, 0.1) is 7.11 Å². The Labute approximate surface area is 93.1 Å². The average Bonchev–Trinajstić information content (AvgIpc) is 2.26. The van der Waals surface area contributed by atoms with Gasteiger partial charge in [-0.15, -0.1) is 0 Å². The zero-order chi connectivity index (χ0) is 12.1. The average molecular weight is 229 g/mol. The van der Waals surface area contributed by atoms with Gasteiger partial charge in [-0.05, 0) is 12.8 Å². The number of ether oxygens (including phenoxy) is 1. The number of hydrogen-bond acceptors (Lipinski definition) is 5. The molecule has 1 aliphatic carbocycles. The standard InChI is InChI=1S/C10H15NO5/c1-16-10(13)8(6-11(14)15)7-4-2-3-5-9(7)12/h7-8H,2-6H2,1H3. The van der Waals surface area contributed by atoms with Gasteiger partial charge in [0, 0.05) is 17.3 Å². The molecule has 0 spiro atoms. The first-order valence-corrected chi connectivity index (χ1v) is 5.28. The molecule has 0 aliphatic heterocycles. The Kier molecular flexibility index (Phi) is 4.39. The van der Waals surface area contributed by atoms with Gasteiger partial charge in [0.1, 0.15) is 11.7 Å². The van der Waals surface area contributed by atoms with Crippen molar-refractivity contribution in [3.63, 3.8) is 0 Å². The monoisotopic (exact) mass is 229 g/mol. The van der Waals surface area contributed by atoms with Gasteiger partial charge < -0.3 is 4.74 Å². The maximum absolute atomic E-state index is 11.6. The molecule has 90 valence electrons. The minimum atomic E-state index is -0.923. The van der Waals surface area contributed by atoms with Gasteiger partial charge >= 0.3 is 5.97 Å². The predicted octanol–water partition coefficient (Wildman–Crippen LogP) is 0.812. The van der Waals surface area contributed by atoms with Gasteiger partial charge in [0.25, 0.3) is 0 Å². The van der Waals surface area contributed by atoms with Gasteiger partial charge in [-0.3, -0.25) is 19.7 Å². The molecule has 1 aliphatic rings. The molecule has 1 saturated carbocycles. The van der Waals surface area contributed by atoms with Gasteiger partial charge in [0.2, 0.25) is 6.54 Å². The topological polar surface area (TPSA) is 86.5 Å². The van der Waals surface area contributed by atoms with Crippen molar-refractivity contribution in [1.29, 1.82) is 0 Å². The van der Waals surface area contributed by atoms with Gasteiger partial charge in [-0.1, -0.05) is 6.42 Å². The number of carbonyl (C=O) groups excluding carboxylic acids is 2. The second-order valence-electron chi connectivity index (χ2n) is 3.96. The molecule has 1 rings (SSSR count). The molecule has 0 bridgehead atoms. The Morgan fingerprint density at radius 2 is 2.31 bits per heavy atom. The lowest BCUT2D eigenvalue weighted by Gasteiger charge is -2.24. The molecule has 6 nitrogen and oxygen atoms in total. The third kappa shape index (κ3) is 3.01. The molecule has 0 N–H and O–H groups in total. The van der Waals surface area contributed by atoms with Crippen LogP contribution in [-0.2, 0) is 14.3 Å². The highest BCUT2D eigenvalue weighted by atomic mass is 16.6. The zero-order valence-corrected chi connectivity index (χ0v) is 9.18. The first kappa shape index (κ1) is 12.6. The van der Waals surface area contributed by atoms with Crippen LogP contribution in [0.15, 0.2) is 0 Å². The minimum absolute atomic E-state index is 0.0523. The van der Waals surface area contributed by atoms with Crippen LogP contribution in [0.1, 0.15) is 25.7 Å². The number of ketones is 1. The summed E-state index contributed by atoms with van der Waals surface area (Å²) in [5.41, 5.74) is 0. The van der Waals surface area contributed by atoms with E-state index in [4.69, 9.17) is 0 Å². The van der Waals surface area contributed by atoms with E-state index in [1.54, 1.807) is 0 Å². The van der Waals surface area contributed by atoms with E-state index in [0.29, 0.717) is 12.8 Å². The van der Waals surface area contributed by atoms with E-state index in [2.05, 4.69) is 4.74 Å². The van der Waals surface area contributed by atoms with Crippen LogP contribution in [0.2, 0.25) is 0 Å². The maximum Gasteiger partial charge on any atom is 0.316 e. The fraction of sp³-hybridized carbons (Fsp3) is 0.800. The molecule has 2 atom stereocenters. The number of Topliss-reactive ketones (excluding diaryl/α,β-unsaturated/α-hetero) is 1. The Bertz CT molecular complexity index is 302. The highest BCUT2D eigenvalue weighted by Crippen LogP contribution is 2.28. The maximum atomic E-state index is 11.6. The zero-order valence-electron chi connectivity index (χ0n) is 9.18. The normalized spacial score (nSPS) is 22.6. The molecule has 2 unspecified atom stereocenters. The van der Waals surface area contributed by atoms with E-state index >= 15 is 0 Å². The molecular weight excluding hydrogens is 214 g/mol. The lowest BCUT2D eigenvalue weighted by atomic mass is 9.79. The summed E-state index contributed by atoms with van der Waals surface area (Å²) in [6, 6.07) is 0. The largest absolute Gasteiger partial charge is 0.469 e. The first-order chi connectivity index (χ1) is 7.56. The number of nitro groups is 1. The number of hydrogen-bond donors (Lipinski definition) is 0. The van der Waals surface area contributed by atoms with Crippen LogP contribution < -0.4 is 0 Å². The summed E-state index contributed by atoms with van der Waals surface area (Å²) in [7, 11) is 1.18. The van der Waals surface area contributed by atoms with Crippen molar-refractivity contribution in [1.82, 2.24) is 0 Å². The highest BCUT2D eigenvalue weighted by Gasteiger charge is 2.38. The number of methoxy groups -OCH3 is 1. The molecule has 0 aromatic rings. The van der Waals surface area contributed by atoms with E-state index < -0.39 is 29.3 Å². The number of esters is 1. The molecule has 0 saturated heterocycles. The second kappa shape index (κ2) is 5.58. The molecule has 16 heavy (non-hydrogen) atoms. The van der Waals surface area contributed by atoms with Gasteiger partial charge in [0.15, 0.2) is 0 Å². The van der Waals surface area contributed by atoms with Crippen molar-refractivity contribution < 1.29 is 19.2 Å². The summed E-state index contributed by atoms with van der Waals surface area (Å²) in [6.07, 6.45) is 2.60. The first-order valence-electron chi connectivity index (χ1n) is 5.28. The summed E-state index contributed by atoms with van der Waals surface area (Å²) < 4.78 is 4.52. The summed E-state index contributed by atoms with van der Waals surface area (Å²) >= 11 is 0. The quantitative estimate of drug-likeness (QED) is 0.404. The van der Waals surface area contributed by atoms with E-state index in [0.717, 1.165) is 12.8 Å². The Hall–Kier alpha value is -1.46. The summed E-state index contributed by atoms with van der Waals surface area (Å²) in [5.74, 6) is -2.17. The summed E-state index contributed by atoms with van der Waals surface area (Å²) in [5, 5.41) is 10.5. The lowest BCUT2D eigenvalue weighted by molar-refractivity contribution is -0.487. The van der Waals surface area contributed by atoms with Crippen molar-refractivity contribution in [2.75, 3.05) is 13.7 Å². The SMILES string of the molecule is COC(=O)C(C[N+](=O)[O-])C1CCCCC1=O. The van der Waals surface area contributed by atoms with Crippen molar-refractivity contribution in [3.8, 4) is 0 Å². The van der Waals surface area contributed by atoms with E-state index in [-0.39, 0.29) is 5.78 Å². The van der Waals surface area contributed by atoms with Crippen molar-refractivity contribution >= 4 is 11.8 Å². The van der Waals surface area contributed by atoms with Crippen molar-refractivity contribution in [2.45, 2.75) is 25.7 Å². The smallest absolute Gasteiger partial charge is 0.316 e. The molecule has 1 fully saturated rings. The third-order valence-corrected chi connectivity index (χ3v) is 2.94. The van der Waals surface area contributed by atoms with E-state index in [1.807, 2.05) is 0 Å². The molecule has 0 aromatic heterocycles. The Morgan fingerprint density at radius 3 is 2.81 bits per heavy atom. The third-order valence-electron chi connectivity index (χ3n) is 2.94. The molecule has 0 amide bonds. The minimum Gasteiger partial charge on any atom is -0.469 e. The van der Waals surface area contributed by atoms with Crippen LogP contribution in [-0.4, -0.2) is 30.3 Å². The van der Waals surface area contributed by atoms with Crippen LogP contribution in [0.4, 0.5) is 0 Å². The van der Waals surface area contributed by atoms with E-state index in [1.165, 1.54) is 7.11 Å². The summed E-state index contributed by atoms with van der Waals surface area (Å²) in [6.45, 7) is -0.525. The molecule has 0 heterocycles. The van der Waals surface area contributed by atoms with Crippen molar-refractivity contribution in [3.05, 3.63) is 10.1 Å². The fourth-order valence-corrected chi connectivity index (χ4v) is 2.11. The van der Waals surface area contributed by atoms with Crippen LogP contribution >= 0.6 is 0 Å². The Balaban J connectivity index is 2.77. The molecule has 6 heteroatoms. The Morgan fingerprint density at radius 1 is 1.62 bits per heavy atom. The van der Waals surface area contributed by atoms with Crippen molar-refractivity contribution in [2.24, 2.45) is 11.8 Å². The van der Waals surface area contributed by atoms with Gasteiger partial charge in [-0.25, -0.2) is 0 Å². The van der Waals surface area contributed by atoms with E-state index in [9.17, 15) is 19.7 Å². The predicted molar refractivity (Wildman–Crippen MR) is 54.3 cm³/mol.